The third-order valence-electron chi connectivity index (χ3n) is 2.77. The minimum atomic E-state index is -0.575. The summed E-state index contributed by atoms with van der Waals surface area (Å²) >= 11 is 23.0. The van der Waals surface area contributed by atoms with Crippen molar-refractivity contribution in [3.05, 3.63) is 56.0 Å². The summed E-state index contributed by atoms with van der Waals surface area (Å²) in [6, 6.07) is 8.15. The Kier molecular flexibility index (Phi) is 12.3. The zero-order valence-corrected chi connectivity index (χ0v) is 17.4. The molecular formula is C17H14Cl4O6. The number of rotatable bonds is 3. The van der Waals surface area contributed by atoms with E-state index in [1.54, 1.807) is 31.4 Å². The second-order valence-electron chi connectivity index (χ2n) is 4.29. The van der Waals surface area contributed by atoms with Crippen LogP contribution in [0.15, 0.2) is 30.3 Å². The molecule has 2 aromatic rings. The molecule has 6 nitrogen and oxygen atoms in total. The Balaban J connectivity index is 0.000000455. The molecule has 0 heterocycles. The number of carbonyl (C=O) groups is 1. The third kappa shape index (κ3) is 8.08. The molecule has 0 unspecified atom stereocenters. The highest BCUT2D eigenvalue weighted by molar-refractivity contribution is 6.37. The van der Waals surface area contributed by atoms with Crippen LogP contribution < -0.4 is 9.47 Å². The molecule has 27 heavy (non-hydrogen) atoms. The van der Waals surface area contributed by atoms with E-state index in [1.807, 2.05) is 0 Å². The predicted octanol–water partition coefficient (Wildman–Crippen LogP) is 5.21. The average molecular weight is 456 g/mol. The van der Waals surface area contributed by atoms with Gasteiger partial charge < -0.3 is 14.2 Å². The van der Waals surface area contributed by atoms with E-state index in [1.165, 1.54) is 20.3 Å². The molecule has 2 aromatic carbocycles. The van der Waals surface area contributed by atoms with Crippen LogP contribution in [0.25, 0.3) is 0 Å². The van der Waals surface area contributed by atoms with Crippen molar-refractivity contribution in [1.82, 2.24) is 0 Å². The van der Waals surface area contributed by atoms with Crippen LogP contribution >= 0.6 is 46.4 Å². The van der Waals surface area contributed by atoms with Crippen molar-refractivity contribution in [2.45, 2.75) is 0 Å². The van der Waals surface area contributed by atoms with E-state index in [4.69, 9.17) is 65.5 Å². The van der Waals surface area contributed by atoms with Gasteiger partial charge in [0.05, 0.1) is 36.4 Å². The first-order valence-corrected chi connectivity index (χ1v) is 8.37. The van der Waals surface area contributed by atoms with E-state index in [2.05, 4.69) is 4.74 Å². The molecule has 0 fully saturated rings. The summed E-state index contributed by atoms with van der Waals surface area (Å²) in [6.45, 7) is 0. The van der Waals surface area contributed by atoms with Crippen LogP contribution in [0.3, 0.4) is 0 Å². The van der Waals surface area contributed by atoms with Gasteiger partial charge in [-0.3, -0.25) is 0 Å². The van der Waals surface area contributed by atoms with Crippen LogP contribution in [0.2, 0.25) is 20.1 Å². The summed E-state index contributed by atoms with van der Waals surface area (Å²) in [7, 11) is 4.22. The van der Waals surface area contributed by atoms with Gasteiger partial charge in [0.2, 0.25) is 0 Å². The molecule has 0 amide bonds. The summed E-state index contributed by atoms with van der Waals surface area (Å²) in [5.41, 5.74) is 0.143. The quantitative estimate of drug-likeness (QED) is 0.591. The molecule has 0 spiro atoms. The number of ether oxygens (including phenoxy) is 3. The third-order valence-corrected chi connectivity index (χ3v) is 3.93. The van der Waals surface area contributed by atoms with Crippen molar-refractivity contribution in [2.75, 3.05) is 21.3 Å². The van der Waals surface area contributed by atoms with Gasteiger partial charge in [0, 0.05) is 11.1 Å². The molecule has 0 radical (unpaired) electrons. The number of benzene rings is 2. The van der Waals surface area contributed by atoms with Crippen LogP contribution in [-0.4, -0.2) is 33.5 Å². The van der Waals surface area contributed by atoms with Crippen molar-refractivity contribution < 1.29 is 28.6 Å². The lowest BCUT2D eigenvalue weighted by atomic mass is 10.2. The lowest BCUT2D eigenvalue weighted by Gasteiger charge is -2.09. The van der Waals surface area contributed by atoms with Gasteiger partial charge in [-0.2, -0.15) is 9.59 Å². The van der Waals surface area contributed by atoms with Gasteiger partial charge in [-0.1, -0.05) is 46.4 Å². The fraction of sp³-hybridized carbons (Fsp3) is 0.176. The number of halogens is 4. The zero-order chi connectivity index (χ0) is 21.0. The maximum absolute atomic E-state index is 11.3. The van der Waals surface area contributed by atoms with Crippen molar-refractivity contribution >= 4 is 58.5 Å². The lowest BCUT2D eigenvalue weighted by Crippen LogP contribution is -2.05. The average Bonchev–Trinajstić information content (AvgIpc) is 2.65. The zero-order valence-electron chi connectivity index (χ0n) is 14.3. The number of carbonyl (C=O) groups excluding carboxylic acids is 3. The Morgan fingerprint density at radius 3 is 1.81 bits per heavy atom. The smallest absolute Gasteiger partial charge is 0.373 e. The Bertz CT molecular complexity index is 804. The van der Waals surface area contributed by atoms with Gasteiger partial charge in [0.1, 0.15) is 11.3 Å². The first-order valence-electron chi connectivity index (χ1n) is 6.85. The molecule has 0 aliphatic heterocycles. The number of esters is 1. The topological polar surface area (TPSA) is 78.9 Å². The molecule has 146 valence electrons. The van der Waals surface area contributed by atoms with Crippen molar-refractivity contribution in [1.29, 1.82) is 0 Å². The second kappa shape index (κ2) is 13.3. The molecule has 0 saturated carbocycles. The van der Waals surface area contributed by atoms with Gasteiger partial charge in [0.15, 0.2) is 5.75 Å². The van der Waals surface area contributed by atoms with Gasteiger partial charge in [-0.25, -0.2) is 4.79 Å². The molecule has 0 aliphatic carbocycles. The van der Waals surface area contributed by atoms with Crippen LogP contribution in [0.5, 0.6) is 11.5 Å². The van der Waals surface area contributed by atoms with Crippen molar-refractivity contribution in [2.24, 2.45) is 0 Å². The molecule has 0 aromatic heterocycles. The highest BCUT2D eigenvalue weighted by Crippen LogP contribution is 2.34. The second-order valence-corrected chi connectivity index (χ2v) is 5.95. The molecular weight excluding hydrogens is 442 g/mol. The number of methoxy groups -OCH3 is 3. The van der Waals surface area contributed by atoms with Crippen LogP contribution in [0, 0.1) is 0 Å². The highest BCUT2D eigenvalue weighted by Gasteiger charge is 2.19. The molecule has 0 N–H and O–H groups in total. The van der Waals surface area contributed by atoms with Crippen molar-refractivity contribution in [3.63, 3.8) is 0 Å². The Morgan fingerprint density at radius 1 is 0.852 bits per heavy atom. The summed E-state index contributed by atoms with van der Waals surface area (Å²) in [6.07, 6.45) is 0.250. The van der Waals surface area contributed by atoms with E-state index >= 15 is 0 Å². The van der Waals surface area contributed by atoms with Gasteiger partial charge in [-0.05, 0) is 24.3 Å². The van der Waals surface area contributed by atoms with E-state index in [0.29, 0.717) is 20.8 Å². The maximum Gasteiger partial charge on any atom is 0.373 e. The van der Waals surface area contributed by atoms with E-state index in [0.717, 1.165) is 0 Å². The van der Waals surface area contributed by atoms with Gasteiger partial charge >= 0.3 is 12.1 Å². The molecule has 0 saturated heterocycles. The van der Waals surface area contributed by atoms with Crippen LogP contribution in [0.4, 0.5) is 0 Å². The highest BCUT2D eigenvalue weighted by atomic mass is 35.5. The summed E-state index contributed by atoms with van der Waals surface area (Å²) < 4.78 is 14.4. The number of hydrogen-bond acceptors (Lipinski definition) is 6. The fourth-order valence-electron chi connectivity index (χ4n) is 1.66. The van der Waals surface area contributed by atoms with E-state index < -0.39 is 5.97 Å². The summed E-state index contributed by atoms with van der Waals surface area (Å²) in [4.78, 5) is 27.6. The largest absolute Gasteiger partial charge is 0.495 e. The van der Waals surface area contributed by atoms with E-state index in [9.17, 15) is 4.79 Å². The van der Waals surface area contributed by atoms with Gasteiger partial charge in [-0.15, -0.1) is 0 Å². The lowest BCUT2D eigenvalue weighted by molar-refractivity contribution is -0.191. The van der Waals surface area contributed by atoms with E-state index in [-0.39, 0.29) is 22.5 Å². The van der Waals surface area contributed by atoms with Crippen LogP contribution in [-0.2, 0) is 14.3 Å². The monoisotopic (exact) mass is 454 g/mol. The molecule has 10 heteroatoms. The maximum atomic E-state index is 11.3. The minimum absolute atomic E-state index is 0.143. The minimum Gasteiger partial charge on any atom is -0.495 e. The first kappa shape index (κ1) is 25.1. The van der Waals surface area contributed by atoms with Gasteiger partial charge in [0.25, 0.3) is 0 Å². The number of hydrogen-bond donors (Lipinski definition) is 0. The Labute approximate surface area is 175 Å². The molecule has 0 bridgehead atoms. The normalized spacial score (nSPS) is 8.85. The standard InChI is InChI=1S/C9H8Cl2O3.C7H6Cl2O.CO2/c1-13-8-6(11)4-3-5(10)7(8)9(12)14-2;1-10-7-4-5(8)2-3-6(7)9;2-1-3/h3-4H,1-2H3;2-4H,1H3;. The van der Waals surface area contributed by atoms with Crippen LogP contribution in [0.1, 0.15) is 10.4 Å². The Morgan fingerprint density at radius 2 is 1.37 bits per heavy atom. The SMILES string of the molecule is COC(=O)c1c(Cl)ccc(Cl)c1OC.COc1cc(Cl)ccc1Cl.O=C=O. The Hall–Kier alpha value is -1.95. The van der Waals surface area contributed by atoms with Crippen molar-refractivity contribution in [3.8, 4) is 11.5 Å². The molecule has 0 aliphatic rings. The predicted molar refractivity (Wildman–Crippen MR) is 102 cm³/mol. The molecule has 0 atom stereocenters. The fourth-order valence-corrected chi connectivity index (χ4v) is 2.48. The first-order chi connectivity index (χ1) is 12.8. The summed E-state index contributed by atoms with van der Waals surface area (Å²) in [5, 5.41) is 1.77. The summed E-state index contributed by atoms with van der Waals surface area (Å²) in [5.74, 6) is 0.259. The molecule has 2 rings (SSSR count).